The number of thiophene rings is 1. The molecule has 0 fully saturated rings. The van der Waals surface area contributed by atoms with Crippen LogP contribution in [0.5, 0.6) is 0 Å². The molecule has 0 amide bonds. The van der Waals surface area contributed by atoms with Crippen molar-refractivity contribution in [3.63, 3.8) is 0 Å². The Bertz CT molecular complexity index is 578. The average Bonchev–Trinajstić information content (AvgIpc) is 2.64. The second-order valence-corrected chi connectivity index (χ2v) is 5.48. The molecule has 1 N–H and O–H groups in total. The number of hydrogen-bond acceptors (Lipinski definition) is 2. The highest BCUT2D eigenvalue weighted by molar-refractivity contribution is 7.12. The van der Waals surface area contributed by atoms with E-state index in [0.29, 0.717) is 6.54 Å². The van der Waals surface area contributed by atoms with Crippen LogP contribution in [0, 0.1) is 31.3 Å². The highest BCUT2D eigenvalue weighted by Gasteiger charge is 2.13. The van der Waals surface area contributed by atoms with E-state index < -0.39 is 17.5 Å². The van der Waals surface area contributed by atoms with Gasteiger partial charge in [-0.15, -0.1) is 11.3 Å². The van der Waals surface area contributed by atoms with Crippen LogP contribution in [-0.4, -0.2) is 0 Å². The molecule has 1 aromatic heterocycles. The van der Waals surface area contributed by atoms with E-state index in [2.05, 4.69) is 5.32 Å². The fraction of sp³-hybridized carbons (Fsp3) is 0.231. The zero-order valence-electron chi connectivity index (χ0n) is 9.98. The van der Waals surface area contributed by atoms with Crippen molar-refractivity contribution in [3.8, 4) is 0 Å². The van der Waals surface area contributed by atoms with Gasteiger partial charge in [-0.3, -0.25) is 0 Å². The summed E-state index contributed by atoms with van der Waals surface area (Å²) in [5.41, 5.74) is 0.999. The number of halogens is 3. The summed E-state index contributed by atoms with van der Waals surface area (Å²) < 4.78 is 39.2. The molecule has 2 aromatic rings. The van der Waals surface area contributed by atoms with Crippen molar-refractivity contribution in [2.75, 3.05) is 5.32 Å². The molecule has 1 aromatic carbocycles. The fourth-order valence-electron chi connectivity index (χ4n) is 1.71. The van der Waals surface area contributed by atoms with Gasteiger partial charge in [-0.25, -0.2) is 13.2 Å². The van der Waals surface area contributed by atoms with Crippen LogP contribution >= 0.6 is 11.3 Å². The molecule has 0 atom stereocenters. The molecule has 0 aliphatic rings. The van der Waals surface area contributed by atoms with Gasteiger partial charge >= 0.3 is 0 Å². The fourth-order valence-corrected chi connectivity index (χ4v) is 2.66. The number of rotatable bonds is 3. The maximum Gasteiger partial charge on any atom is 0.196 e. The van der Waals surface area contributed by atoms with Gasteiger partial charge in [0, 0.05) is 16.3 Å². The van der Waals surface area contributed by atoms with Crippen LogP contribution in [-0.2, 0) is 6.54 Å². The Morgan fingerprint density at radius 1 is 1.11 bits per heavy atom. The third-order valence-corrected chi connectivity index (χ3v) is 3.66. The topological polar surface area (TPSA) is 12.0 Å². The van der Waals surface area contributed by atoms with Crippen molar-refractivity contribution in [2.45, 2.75) is 20.4 Å². The number of hydrogen-bond donors (Lipinski definition) is 1. The number of nitrogens with one attached hydrogen (secondary N) is 1. The molecule has 18 heavy (non-hydrogen) atoms. The largest absolute Gasteiger partial charge is 0.378 e. The van der Waals surface area contributed by atoms with E-state index in [1.807, 2.05) is 19.9 Å². The second-order valence-electron chi connectivity index (χ2n) is 4.01. The number of benzene rings is 1. The molecule has 1 nitrogen and oxygen atoms in total. The molecule has 0 radical (unpaired) electrons. The molecule has 0 aliphatic carbocycles. The highest BCUT2D eigenvalue weighted by atomic mass is 32.1. The normalized spacial score (nSPS) is 10.7. The molecule has 0 bridgehead atoms. The Balaban J connectivity index is 2.16. The lowest BCUT2D eigenvalue weighted by Crippen LogP contribution is -2.04. The zero-order chi connectivity index (χ0) is 13.3. The SMILES string of the molecule is Cc1cc(CNc2ccc(F)c(F)c2F)c(C)s1. The van der Waals surface area contributed by atoms with Gasteiger partial charge in [-0.05, 0) is 37.6 Å². The third-order valence-electron chi connectivity index (χ3n) is 2.65. The summed E-state index contributed by atoms with van der Waals surface area (Å²) in [5.74, 6) is -3.81. The van der Waals surface area contributed by atoms with Crippen LogP contribution < -0.4 is 5.32 Å². The molecule has 96 valence electrons. The molecule has 5 heteroatoms. The van der Waals surface area contributed by atoms with Crippen molar-refractivity contribution in [2.24, 2.45) is 0 Å². The van der Waals surface area contributed by atoms with Crippen molar-refractivity contribution in [3.05, 3.63) is 51.0 Å². The van der Waals surface area contributed by atoms with E-state index in [0.717, 1.165) is 21.4 Å². The molecular weight excluding hydrogens is 259 g/mol. The number of anilines is 1. The first kappa shape index (κ1) is 13.0. The van der Waals surface area contributed by atoms with Gasteiger partial charge in [-0.1, -0.05) is 0 Å². The molecule has 0 aliphatic heterocycles. The Labute approximate surface area is 107 Å². The summed E-state index contributed by atoms with van der Waals surface area (Å²) in [7, 11) is 0. The molecule has 1 heterocycles. The quantitative estimate of drug-likeness (QED) is 0.816. The predicted octanol–water partition coefficient (Wildman–Crippen LogP) is 4.39. The van der Waals surface area contributed by atoms with E-state index in [1.54, 1.807) is 11.3 Å². The first-order chi connectivity index (χ1) is 8.49. The summed E-state index contributed by atoms with van der Waals surface area (Å²) in [5, 5.41) is 2.78. The van der Waals surface area contributed by atoms with Crippen LogP contribution in [0.2, 0.25) is 0 Å². The maximum atomic E-state index is 13.4. The Hall–Kier alpha value is -1.49. The minimum atomic E-state index is -1.45. The van der Waals surface area contributed by atoms with Crippen LogP contribution in [0.25, 0.3) is 0 Å². The first-order valence-electron chi connectivity index (χ1n) is 5.42. The lowest BCUT2D eigenvalue weighted by Gasteiger charge is -2.08. The molecule has 0 spiro atoms. The van der Waals surface area contributed by atoms with Crippen LogP contribution in [0.3, 0.4) is 0 Å². The zero-order valence-corrected chi connectivity index (χ0v) is 10.8. The highest BCUT2D eigenvalue weighted by Crippen LogP contribution is 2.24. The van der Waals surface area contributed by atoms with E-state index in [1.165, 1.54) is 6.07 Å². The molecular formula is C13H12F3NS. The first-order valence-corrected chi connectivity index (χ1v) is 6.24. The molecule has 2 rings (SSSR count). The molecule has 0 saturated carbocycles. The standard InChI is InChI=1S/C13H12F3NS/c1-7-5-9(8(2)18-7)6-17-11-4-3-10(14)12(15)13(11)16/h3-5,17H,6H2,1-2H3. The summed E-state index contributed by atoms with van der Waals surface area (Å²) in [6, 6.07) is 4.10. The van der Waals surface area contributed by atoms with Crippen molar-refractivity contribution < 1.29 is 13.2 Å². The van der Waals surface area contributed by atoms with E-state index in [4.69, 9.17) is 0 Å². The Morgan fingerprint density at radius 3 is 2.44 bits per heavy atom. The third kappa shape index (κ3) is 2.51. The van der Waals surface area contributed by atoms with Crippen LogP contribution in [0.4, 0.5) is 18.9 Å². The smallest absolute Gasteiger partial charge is 0.196 e. The van der Waals surface area contributed by atoms with Crippen molar-refractivity contribution in [1.29, 1.82) is 0 Å². The maximum absolute atomic E-state index is 13.4. The van der Waals surface area contributed by atoms with Gasteiger partial charge in [0.15, 0.2) is 17.5 Å². The summed E-state index contributed by atoms with van der Waals surface area (Å²) in [4.78, 5) is 2.29. The summed E-state index contributed by atoms with van der Waals surface area (Å²) >= 11 is 1.65. The van der Waals surface area contributed by atoms with E-state index in [9.17, 15) is 13.2 Å². The van der Waals surface area contributed by atoms with Crippen molar-refractivity contribution in [1.82, 2.24) is 0 Å². The predicted molar refractivity (Wildman–Crippen MR) is 67.4 cm³/mol. The molecule has 0 unspecified atom stereocenters. The van der Waals surface area contributed by atoms with Crippen LogP contribution in [0.15, 0.2) is 18.2 Å². The average molecular weight is 271 g/mol. The van der Waals surface area contributed by atoms with Gasteiger partial charge in [0.25, 0.3) is 0 Å². The van der Waals surface area contributed by atoms with Crippen molar-refractivity contribution >= 4 is 17.0 Å². The Morgan fingerprint density at radius 2 is 1.83 bits per heavy atom. The van der Waals surface area contributed by atoms with Crippen LogP contribution in [0.1, 0.15) is 15.3 Å². The van der Waals surface area contributed by atoms with Gasteiger partial charge in [0.1, 0.15) is 0 Å². The van der Waals surface area contributed by atoms with Gasteiger partial charge < -0.3 is 5.32 Å². The second kappa shape index (κ2) is 5.02. The lowest BCUT2D eigenvalue weighted by atomic mass is 10.2. The lowest BCUT2D eigenvalue weighted by molar-refractivity contribution is 0.449. The minimum absolute atomic E-state index is 0.0304. The molecule has 0 saturated heterocycles. The van der Waals surface area contributed by atoms with Gasteiger partial charge in [0.2, 0.25) is 0 Å². The summed E-state index contributed by atoms with van der Waals surface area (Å²) in [6.45, 7) is 4.34. The van der Waals surface area contributed by atoms with Gasteiger partial charge in [0.05, 0.1) is 5.69 Å². The number of aryl methyl sites for hydroxylation is 2. The monoisotopic (exact) mass is 271 g/mol. The van der Waals surface area contributed by atoms with E-state index in [-0.39, 0.29) is 5.69 Å². The summed E-state index contributed by atoms with van der Waals surface area (Å²) in [6.07, 6.45) is 0. The van der Waals surface area contributed by atoms with Gasteiger partial charge in [-0.2, -0.15) is 0 Å². The van der Waals surface area contributed by atoms with E-state index >= 15 is 0 Å². The minimum Gasteiger partial charge on any atom is -0.378 e. The Kier molecular flexibility index (Phi) is 3.61.